The van der Waals surface area contributed by atoms with E-state index in [2.05, 4.69) is 10.3 Å². The molecule has 1 amide bonds. The molecule has 2 atom stereocenters. The Morgan fingerprint density at radius 1 is 1.25 bits per heavy atom. The lowest BCUT2D eigenvalue weighted by molar-refractivity contribution is -0.121. The molecule has 0 saturated carbocycles. The van der Waals surface area contributed by atoms with Crippen LogP contribution >= 0.6 is 23.2 Å². The first-order chi connectivity index (χ1) is 13.3. The Labute approximate surface area is 171 Å². The van der Waals surface area contributed by atoms with Crippen LogP contribution in [0.15, 0.2) is 42.6 Å². The predicted molar refractivity (Wildman–Crippen MR) is 105 cm³/mol. The number of alkyl halides is 3. The summed E-state index contributed by atoms with van der Waals surface area (Å²) in [5.74, 6) is -0.762. The van der Waals surface area contributed by atoms with Crippen LogP contribution in [-0.4, -0.2) is 46.8 Å². The molecule has 0 bridgehead atoms. The van der Waals surface area contributed by atoms with Crippen molar-refractivity contribution < 1.29 is 19.0 Å². The van der Waals surface area contributed by atoms with Crippen molar-refractivity contribution in [3.8, 4) is 11.1 Å². The quantitative estimate of drug-likeness (QED) is 0.588. The molecule has 1 saturated heterocycles. The van der Waals surface area contributed by atoms with E-state index in [4.69, 9.17) is 33.7 Å². The molecule has 1 aromatic carbocycles. The lowest BCUT2D eigenvalue weighted by Gasteiger charge is -2.37. The lowest BCUT2D eigenvalue weighted by atomic mass is 9.93. The molecule has 3 rings (SSSR count). The Hall–Kier alpha value is -1.77. The standard InChI is InChI=1S/C19H20Cl2FN3O3/c20-17(21)18(27)25-14(7-22)16(26)12-3-1-11(2-4-12)13-5-6-15(24-8-13)19(23)9-28-10-19/h1-6,8,14,16-17,26H,7,9-10,23H2,(H,25,27)/t14-,16-/m1/s1. The number of rotatable bonds is 7. The summed E-state index contributed by atoms with van der Waals surface area (Å²) >= 11 is 10.9. The van der Waals surface area contributed by atoms with Gasteiger partial charge in [0.25, 0.3) is 5.91 Å². The van der Waals surface area contributed by atoms with Gasteiger partial charge in [0.1, 0.15) is 18.3 Å². The molecule has 9 heteroatoms. The number of carbonyl (C=O) groups excluding carboxylic acids is 1. The number of aromatic nitrogens is 1. The zero-order valence-electron chi connectivity index (χ0n) is 14.8. The van der Waals surface area contributed by atoms with Crippen LogP contribution in [0.3, 0.4) is 0 Å². The molecule has 6 nitrogen and oxygen atoms in total. The van der Waals surface area contributed by atoms with Gasteiger partial charge in [-0.25, -0.2) is 4.39 Å². The maximum atomic E-state index is 13.2. The number of pyridine rings is 1. The predicted octanol–water partition coefficient (Wildman–Crippen LogP) is 2.22. The molecule has 0 radical (unpaired) electrons. The fourth-order valence-corrected chi connectivity index (χ4v) is 3.01. The van der Waals surface area contributed by atoms with Crippen molar-refractivity contribution >= 4 is 29.1 Å². The van der Waals surface area contributed by atoms with E-state index in [-0.39, 0.29) is 0 Å². The van der Waals surface area contributed by atoms with Gasteiger partial charge in [0.15, 0.2) is 4.84 Å². The van der Waals surface area contributed by atoms with E-state index in [1.54, 1.807) is 30.5 Å². The highest BCUT2D eigenvalue weighted by molar-refractivity contribution is 6.53. The third-order valence-electron chi connectivity index (χ3n) is 4.65. The number of ether oxygens (including phenoxy) is 1. The number of nitrogens with two attached hydrogens (primary N) is 1. The van der Waals surface area contributed by atoms with Gasteiger partial charge in [0.05, 0.1) is 24.9 Å². The van der Waals surface area contributed by atoms with Crippen LogP contribution in [0.25, 0.3) is 11.1 Å². The van der Waals surface area contributed by atoms with Crippen LogP contribution in [0, 0.1) is 0 Å². The zero-order valence-corrected chi connectivity index (χ0v) is 16.3. The molecule has 0 spiro atoms. The molecular weight excluding hydrogens is 408 g/mol. The smallest absolute Gasteiger partial charge is 0.253 e. The van der Waals surface area contributed by atoms with Gasteiger partial charge >= 0.3 is 0 Å². The molecule has 1 fully saturated rings. The molecule has 0 aliphatic carbocycles. The van der Waals surface area contributed by atoms with Gasteiger partial charge in [-0.2, -0.15) is 0 Å². The second-order valence-corrected chi connectivity index (χ2v) is 7.81. The molecule has 4 N–H and O–H groups in total. The van der Waals surface area contributed by atoms with Gasteiger partial charge in [-0.1, -0.05) is 53.5 Å². The van der Waals surface area contributed by atoms with E-state index < -0.39 is 35.1 Å². The Morgan fingerprint density at radius 3 is 2.36 bits per heavy atom. The fraction of sp³-hybridized carbons (Fsp3) is 0.368. The number of amides is 1. The minimum absolute atomic E-state index is 0.449. The number of carbonyl (C=O) groups is 1. The Bertz CT molecular complexity index is 814. The number of halogens is 3. The molecule has 28 heavy (non-hydrogen) atoms. The van der Waals surface area contributed by atoms with Crippen molar-refractivity contribution in [3.05, 3.63) is 53.9 Å². The summed E-state index contributed by atoms with van der Waals surface area (Å²) in [5.41, 5.74) is 8.60. The van der Waals surface area contributed by atoms with Crippen LogP contribution in [0.5, 0.6) is 0 Å². The first-order valence-electron chi connectivity index (χ1n) is 8.60. The van der Waals surface area contributed by atoms with Crippen LogP contribution in [0.1, 0.15) is 17.4 Å². The van der Waals surface area contributed by atoms with Crippen LogP contribution in [0.4, 0.5) is 4.39 Å². The molecule has 1 aliphatic heterocycles. The number of nitrogens with one attached hydrogen (secondary N) is 1. The second kappa shape index (κ2) is 8.71. The highest BCUT2D eigenvalue weighted by Crippen LogP contribution is 2.28. The zero-order chi connectivity index (χ0) is 20.3. The Kier molecular flexibility index (Phi) is 6.52. The minimum atomic E-state index is -1.33. The van der Waals surface area contributed by atoms with E-state index in [0.717, 1.165) is 16.8 Å². The van der Waals surface area contributed by atoms with E-state index in [1.807, 2.05) is 12.1 Å². The van der Waals surface area contributed by atoms with Crippen molar-refractivity contribution in [1.82, 2.24) is 10.3 Å². The number of aliphatic hydroxyl groups excluding tert-OH is 1. The van der Waals surface area contributed by atoms with E-state index >= 15 is 0 Å². The molecule has 150 valence electrons. The van der Waals surface area contributed by atoms with Gasteiger partial charge < -0.3 is 20.9 Å². The van der Waals surface area contributed by atoms with Crippen LogP contribution in [-0.2, 0) is 15.1 Å². The molecule has 0 unspecified atom stereocenters. The Balaban J connectivity index is 1.71. The third-order valence-corrected chi connectivity index (χ3v) is 5.05. The molecular formula is C19H20Cl2FN3O3. The summed E-state index contributed by atoms with van der Waals surface area (Å²) in [6, 6.07) is 9.50. The Morgan fingerprint density at radius 2 is 1.89 bits per heavy atom. The maximum absolute atomic E-state index is 13.2. The summed E-state index contributed by atoms with van der Waals surface area (Å²) in [6.45, 7) is -0.0656. The highest BCUT2D eigenvalue weighted by Gasteiger charge is 2.37. The topological polar surface area (TPSA) is 97.5 Å². The maximum Gasteiger partial charge on any atom is 0.253 e. The van der Waals surface area contributed by atoms with Gasteiger partial charge in [0, 0.05) is 11.8 Å². The molecule has 1 aromatic heterocycles. The average molecular weight is 428 g/mol. The molecule has 2 heterocycles. The number of nitrogens with zero attached hydrogens (tertiary/aromatic N) is 1. The fourth-order valence-electron chi connectivity index (χ4n) is 2.88. The highest BCUT2D eigenvalue weighted by atomic mass is 35.5. The third kappa shape index (κ3) is 4.45. The summed E-state index contributed by atoms with van der Waals surface area (Å²) in [6.07, 6.45) is 0.477. The van der Waals surface area contributed by atoms with Crippen molar-refractivity contribution in [1.29, 1.82) is 0 Å². The summed E-state index contributed by atoms with van der Waals surface area (Å²) in [4.78, 5) is 14.6. The van der Waals surface area contributed by atoms with Crippen molar-refractivity contribution in [3.63, 3.8) is 0 Å². The number of aliphatic hydroxyl groups is 1. The van der Waals surface area contributed by atoms with Gasteiger partial charge in [0.2, 0.25) is 0 Å². The minimum Gasteiger partial charge on any atom is -0.386 e. The first-order valence-corrected chi connectivity index (χ1v) is 9.47. The summed E-state index contributed by atoms with van der Waals surface area (Å²) < 4.78 is 18.4. The number of hydrogen-bond acceptors (Lipinski definition) is 5. The molecule has 1 aliphatic rings. The average Bonchev–Trinajstić information content (AvgIpc) is 2.69. The van der Waals surface area contributed by atoms with Crippen molar-refractivity contribution in [2.45, 2.75) is 22.5 Å². The normalized spacial score (nSPS) is 17.6. The van der Waals surface area contributed by atoms with Crippen molar-refractivity contribution in [2.75, 3.05) is 19.9 Å². The lowest BCUT2D eigenvalue weighted by Crippen LogP contribution is -2.54. The van der Waals surface area contributed by atoms with E-state index in [9.17, 15) is 14.3 Å². The SMILES string of the molecule is NC1(c2ccc(-c3ccc([C@@H](O)[C@@H](CF)NC(=O)C(Cl)Cl)cc3)cn2)COC1. The summed E-state index contributed by atoms with van der Waals surface area (Å²) in [5, 5.41) is 12.6. The largest absolute Gasteiger partial charge is 0.386 e. The summed E-state index contributed by atoms with van der Waals surface area (Å²) in [7, 11) is 0. The number of hydrogen-bond donors (Lipinski definition) is 3. The van der Waals surface area contributed by atoms with Gasteiger partial charge in [-0.3, -0.25) is 9.78 Å². The van der Waals surface area contributed by atoms with Gasteiger partial charge in [-0.05, 0) is 17.2 Å². The van der Waals surface area contributed by atoms with E-state index in [1.165, 1.54) is 0 Å². The van der Waals surface area contributed by atoms with Crippen LogP contribution in [0.2, 0.25) is 0 Å². The van der Waals surface area contributed by atoms with Gasteiger partial charge in [-0.15, -0.1) is 0 Å². The first kappa shape index (κ1) is 21.0. The second-order valence-electron chi connectivity index (χ2n) is 6.72. The van der Waals surface area contributed by atoms with Crippen molar-refractivity contribution in [2.24, 2.45) is 5.73 Å². The van der Waals surface area contributed by atoms with E-state index in [0.29, 0.717) is 18.8 Å². The monoisotopic (exact) mass is 427 g/mol. The molecule has 2 aromatic rings. The van der Waals surface area contributed by atoms with Crippen LogP contribution < -0.4 is 11.1 Å². The number of benzene rings is 1.